The van der Waals surface area contributed by atoms with Crippen molar-refractivity contribution < 1.29 is 14.0 Å². The molecule has 0 aliphatic carbocycles. The topological polar surface area (TPSA) is 78.4 Å². The van der Waals surface area contributed by atoms with Crippen LogP contribution in [0.5, 0.6) is 0 Å². The molecule has 1 aliphatic heterocycles. The van der Waals surface area contributed by atoms with E-state index in [1.807, 2.05) is 35.2 Å². The summed E-state index contributed by atoms with van der Waals surface area (Å²) >= 11 is 8.75. The number of carbonyl (C=O) groups excluding carboxylic acids is 2. The predicted molar refractivity (Wildman–Crippen MR) is 125 cm³/mol. The van der Waals surface area contributed by atoms with Crippen molar-refractivity contribution in [2.75, 3.05) is 42.1 Å². The number of nitrogens with zero attached hydrogens (tertiary/aromatic N) is 4. The molecule has 2 heterocycles. The predicted octanol–water partition coefficient (Wildman–Crippen LogP) is 4.02. The molecule has 1 fully saturated rings. The number of hydrogen-bond donors (Lipinski definition) is 1. The number of anilines is 2. The summed E-state index contributed by atoms with van der Waals surface area (Å²) in [6, 6.07) is 13.5. The van der Waals surface area contributed by atoms with Crippen LogP contribution in [0.4, 0.5) is 15.2 Å². The van der Waals surface area contributed by atoms with E-state index in [-0.39, 0.29) is 22.2 Å². The number of aromatic nitrogens is 2. The number of hydrogen-bond acceptors (Lipinski definition) is 7. The van der Waals surface area contributed by atoms with E-state index in [4.69, 9.17) is 11.6 Å². The molecule has 1 saturated heterocycles. The normalized spacial score (nSPS) is 13.8. The minimum absolute atomic E-state index is 0.0917. The van der Waals surface area contributed by atoms with Gasteiger partial charge in [-0.1, -0.05) is 59.0 Å². The fourth-order valence-corrected chi connectivity index (χ4v) is 5.13. The lowest BCUT2D eigenvalue weighted by molar-refractivity contribution is -0.113. The molecular weight excluding hydrogens is 473 g/mol. The van der Waals surface area contributed by atoms with Gasteiger partial charge in [0.2, 0.25) is 11.0 Å². The fourth-order valence-electron chi connectivity index (χ4n) is 3.20. The van der Waals surface area contributed by atoms with Gasteiger partial charge in [0.15, 0.2) is 4.34 Å². The van der Waals surface area contributed by atoms with Crippen LogP contribution in [-0.4, -0.2) is 58.8 Å². The van der Waals surface area contributed by atoms with Crippen LogP contribution in [-0.2, 0) is 4.79 Å². The molecule has 4 rings (SSSR count). The van der Waals surface area contributed by atoms with Crippen molar-refractivity contribution in [2.45, 2.75) is 4.34 Å². The molecule has 7 nitrogen and oxygen atoms in total. The Labute approximate surface area is 197 Å². The molecule has 0 unspecified atom stereocenters. The summed E-state index contributed by atoms with van der Waals surface area (Å²) in [5.41, 5.74) is 0.658. The highest BCUT2D eigenvalue weighted by molar-refractivity contribution is 8.01. The molecule has 1 N–H and O–H groups in total. The molecular formula is C21H19ClFN5O2S2. The number of benzene rings is 2. The van der Waals surface area contributed by atoms with Crippen molar-refractivity contribution in [1.29, 1.82) is 0 Å². The number of nitrogens with one attached hydrogen (secondary N) is 1. The third kappa shape index (κ3) is 5.37. The number of amides is 2. The Morgan fingerprint density at radius 2 is 1.81 bits per heavy atom. The van der Waals surface area contributed by atoms with Crippen LogP contribution < -0.4 is 10.2 Å². The molecule has 0 saturated carbocycles. The van der Waals surface area contributed by atoms with E-state index in [0.29, 0.717) is 30.5 Å². The third-order valence-electron chi connectivity index (χ3n) is 4.79. The largest absolute Gasteiger partial charge is 0.343 e. The van der Waals surface area contributed by atoms with Gasteiger partial charge >= 0.3 is 0 Å². The standard InChI is InChI=1S/C21H19ClFN5O2S2/c22-15-7-4-8-16(23)18(15)19(30)27-9-11-28(12-10-27)20-25-26-21(32-20)31-13-17(29)24-14-5-2-1-3-6-14/h1-8H,9-13H2,(H,24,29). The first kappa shape index (κ1) is 22.5. The second-order valence-corrected chi connectivity index (χ2v) is 9.51. The smallest absolute Gasteiger partial charge is 0.258 e. The molecule has 2 aromatic carbocycles. The SMILES string of the molecule is O=C(CSc1nnc(N2CCN(C(=O)c3c(F)cccc3Cl)CC2)s1)Nc1ccccc1. The van der Waals surface area contributed by atoms with Crippen LogP contribution in [0, 0.1) is 5.82 Å². The minimum atomic E-state index is -0.618. The maximum absolute atomic E-state index is 14.1. The summed E-state index contributed by atoms with van der Waals surface area (Å²) in [5, 5.41) is 12.0. The lowest BCUT2D eigenvalue weighted by atomic mass is 10.1. The van der Waals surface area contributed by atoms with Gasteiger partial charge in [-0.05, 0) is 24.3 Å². The van der Waals surface area contributed by atoms with Gasteiger partial charge in [-0.2, -0.15) is 0 Å². The van der Waals surface area contributed by atoms with Crippen molar-refractivity contribution in [2.24, 2.45) is 0 Å². The van der Waals surface area contributed by atoms with E-state index >= 15 is 0 Å². The minimum Gasteiger partial charge on any atom is -0.343 e. The Balaban J connectivity index is 1.28. The molecule has 32 heavy (non-hydrogen) atoms. The first-order valence-electron chi connectivity index (χ1n) is 9.80. The Morgan fingerprint density at radius 3 is 2.53 bits per heavy atom. The molecule has 0 spiro atoms. The van der Waals surface area contributed by atoms with Gasteiger partial charge in [0, 0.05) is 31.9 Å². The number of carbonyl (C=O) groups is 2. The zero-order chi connectivity index (χ0) is 22.5. The first-order chi connectivity index (χ1) is 15.5. The molecule has 1 aliphatic rings. The van der Waals surface area contributed by atoms with E-state index in [0.717, 1.165) is 10.8 Å². The lowest BCUT2D eigenvalue weighted by Crippen LogP contribution is -2.49. The summed E-state index contributed by atoms with van der Waals surface area (Å²) in [4.78, 5) is 28.4. The van der Waals surface area contributed by atoms with Crippen LogP contribution >= 0.6 is 34.7 Å². The second-order valence-electron chi connectivity index (χ2n) is 6.93. The highest BCUT2D eigenvalue weighted by Crippen LogP contribution is 2.29. The molecule has 0 radical (unpaired) electrons. The van der Waals surface area contributed by atoms with Gasteiger partial charge in [0.25, 0.3) is 5.91 Å². The first-order valence-corrected chi connectivity index (χ1v) is 12.0. The van der Waals surface area contributed by atoms with Gasteiger partial charge in [0.1, 0.15) is 5.82 Å². The van der Waals surface area contributed by atoms with Crippen molar-refractivity contribution in [3.8, 4) is 0 Å². The fraction of sp³-hybridized carbons (Fsp3) is 0.238. The van der Waals surface area contributed by atoms with Crippen molar-refractivity contribution >= 4 is 57.3 Å². The summed E-state index contributed by atoms with van der Waals surface area (Å²) in [7, 11) is 0. The Kier molecular flexibility index (Phi) is 7.23. The molecule has 3 aromatic rings. The lowest BCUT2D eigenvalue weighted by Gasteiger charge is -2.34. The zero-order valence-corrected chi connectivity index (χ0v) is 19.2. The maximum Gasteiger partial charge on any atom is 0.258 e. The van der Waals surface area contributed by atoms with Crippen molar-refractivity contribution in [3.63, 3.8) is 0 Å². The number of para-hydroxylation sites is 1. The Hall–Kier alpha value is -2.69. The van der Waals surface area contributed by atoms with E-state index < -0.39 is 11.7 Å². The average Bonchev–Trinajstić information content (AvgIpc) is 3.27. The highest BCUT2D eigenvalue weighted by Gasteiger charge is 2.27. The van der Waals surface area contributed by atoms with Crippen molar-refractivity contribution in [1.82, 2.24) is 15.1 Å². The van der Waals surface area contributed by atoms with E-state index in [1.54, 1.807) is 4.90 Å². The Bertz CT molecular complexity index is 1090. The van der Waals surface area contributed by atoms with Crippen LogP contribution in [0.2, 0.25) is 5.02 Å². The molecule has 0 atom stereocenters. The van der Waals surface area contributed by atoms with Gasteiger partial charge < -0.3 is 15.1 Å². The molecule has 0 bridgehead atoms. The summed E-state index contributed by atoms with van der Waals surface area (Å²) in [6.07, 6.45) is 0. The van der Waals surface area contributed by atoms with Gasteiger partial charge in [-0.3, -0.25) is 9.59 Å². The summed E-state index contributed by atoms with van der Waals surface area (Å²) < 4.78 is 14.8. The van der Waals surface area contributed by atoms with Gasteiger partial charge in [-0.25, -0.2) is 4.39 Å². The van der Waals surface area contributed by atoms with Crippen molar-refractivity contribution in [3.05, 3.63) is 64.9 Å². The third-order valence-corrected chi connectivity index (χ3v) is 7.23. The number of rotatable bonds is 6. The van der Waals surface area contributed by atoms with Gasteiger partial charge in [0.05, 0.1) is 16.3 Å². The summed E-state index contributed by atoms with van der Waals surface area (Å²) in [5.74, 6) is -0.913. The Morgan fingerprint density at radius 1 is 1.06 bits per heavy atom. The molecule has 166 valence electrons. The quantitative estimate of drug-likeness (QED) is 0.525. The van der Waals surface area contributed by atoms with Crippen LogP contribution in [0.15, 0.2) is 52.9 Å². The average molecular weight is 492 g/mol. The zero-order valence-electron chi connectivity index (χ0n) is 16.8. The van der Waals surface area contributed by atoms with E-state index in [1.165, 1.54) is 41.3 Å². The molecule has 1 aromatic heterocycles. The number of halogens is 2. The summed E-state index contributed by atoms with van der Waals surface area (Å²) in [6.45, 7) is 1.94. The highest BCUT2D eigenvalue weighted by atomic mass is 35.5. The van der Waals surface area contributed by atoms with Crippen LogP contribution in [0.1, 0.15) is 10.4 Å². The maximum atomic E-state index is 14.1. The number of thioether (sulfide) groups is 1. The van der Waals surface area contributed by atoms with Gasteiger partial charge in [-0.15, -0.1) is 10.2 Å². The van der Waals surface area contributed by atoms with Crippen LogP contribution in [0.25, 0.3) is 0 Å². The van der Waals surface area contributed by atoms with E-state index in [2.05, 4.69) is 15.5 Å². The van der Waals surface area contributed by atoms with Crippen LogP contribution in [0.3, 0.4) is 0 Å². The molecule has 11 heteroatoms. The second kappa shape index (κ2) is 10.3. The molecule has 2 amide bonds. The van der Waals surface area contributed by atoms with E-state index in [9.17, 15) is 14.0 Å². The monoisotopic (exact) mass is 491 g/mol. The number of piperazine rings is 1.